The summed E-state index contributed by atoms with van der Waals surface area (Å²) in [5.41, 5.74) is 0.498. The van der Waals surface area contributed by atoms with Crippen LogP contribution < -0.4 is 4.74 Å². The fraction of sp³-hybridized carbons (Fsp3) is 0.444. The molecule has 0 N–H and O–H groups in total. The van der Waals surface area contributed by atoms with Crippen molar-refractivity contribution < 1.29 is 9.13 Å². The predicted molar refractivity (Wildman–Crippen MR) is 46.8 cm³/mol. The third kappa shape index (κ3) is 2.49. The van der Waals surface area contributed by atoms with Crippen molar-refractivity contribution in [3.05, 3.63) is 23.8 Å². The van der Waals surface area contributed by atoms with Gasteiger partial charge in [-0.15, -0.1) is 0 Å². The summed E-state index contributed by atoms with van der Waals surface area (Å²) >= 11 is 0. The molecule has 0 bridgehead atoms. The number of ether oxygens (including phenoxy) is 1. The molecule has 0 aromatic carbocycles. The fourth-order valence-electron chi connectivity index (χ4n) is 0.688. The summed E-state index contributed by atoms with van der Waals surface area (Å²) in [6, 6.07) is 0. The van der Waals surface area contributed by atoms with Gasteiger partial charge in [-0.3, -0.25) is 4.98 Å². The third-order valence-corrected chi connectivity index (χ3v) is 1.33. The van der Waals surface area contributed by atoms with Gasteiger partial charge in [0.15, 0.2) is 0 Å². The number of hydrogen-bond donors (Lipinski definition) is 0. The van der Waals surface area contributed by atoms with Crippen LogP contribution in [0.15, 0.2) is 12.4 Å². The highest BCUT2D eigenvalue weighted by molar-refractivity contribution is 5.29. The second-order valence-electron chi connectivity index (χ2n) is 1.95. The van der Waals surface area contributed by atoms with Crippen molar-refractivity contribution in [1.82, 2.24) is 4.98 Å². The Balaban J connectivity index is 0.000000561. The summed E-state index contributed by atoms with van der Waals surface area (Å²) in [7, 11) is 1.49. The lowest BCUT2D eigenvalue weighted by Gasteiger charge is -2.02. The highest BCUT2D eigenvalue weighted by atomic mass is 19.1. The second kappa shape index (κ2) is 5.52. The monoisotopic (exact) mass is 171 g/mol. The highest BCUT2D eigenvalue weighted by Crippen LogP contribution is 2.16. The lowest BCUT2D eigenvalue weighted by molar-refractivity contribution is 0.404. The molecule has 2 nitrogen and oxygen atoms in total. The summed E-state index contributed by atoms with van der Waals surface area (Å²) < 4.78 is 17.4. The molecule has 3 heteroatoms. The summed E-state index contributed by atoms with van der Waals surface area (Å²) in [6.45, 7) is 5.65. The minimum atomic E-state index is -0.334. The van der Waals surface area contributed by atoms with Gasteiger partial charge in [-0.1, -0.05) is 13.8 Å². The second-order valence-corrected chi connectivity index (χ2v) is 1.95. The molecule has 0 aliphatic heterocycles. The van der Waals surface area contributed by atoms with Crippen molar-refractivity contribution in [3.8, 4) is 5.75 Å². The van der Waals surface area contributed by atoms with Crippen LogP contribution in [0, 0.1) is 12.7 Å². The van der Waals surface area contributed by atoms with Crippen molar-refractivity contribution in [2.45, 2.75) is 20.8 Å². The number of pyridine rings is 1. The number of hydrogen-bond acceptors (Lipinski definition) is 2. The quantitative estimate of drug-likeness (QED) is 0.647. The zero-order chi connectivity index (χ0) is 9.56. The molecule has 0 radical (unpaired) electrons. The summed E-state index contributed by atoms with van der Waals surface area (Å²) in [4.78, 5) is 3.62. The van der Waals surface area contributed by atoms with E-state index in [1.54, 1.807) is 6.92 Å². The molecule has 1 aromatic rings. The zero-order valence-electron chi connectivity index (χ0n) is 7.89. The van der Waals surface area contributed by atoms with Gasteiger partial charge >= 0.3 is 0 Å². The van der Waals surface area contributed by atoms with Crippen LogP contribution in [0.2, 0.25) is 0 Å². The topological polar surface area (TPSA) is 22.1 Å². The molecule has 0 unspecified atom stereocenters. The lowest BCUT2D eigenvalue weighted by Crippen LogP contribution is -1.91. The Morgan fingerprint density at radius 3 is 2.33 bits per heavy atom. The van der Waals surface area contributed by atoms with Crippen molar-refractivity contribution >= 4 is 0 Å². The summed E-state index contributed by atoms with van der Waals surface area (Å²) in [5, 5.41) is 0. The SMILES string of the molecule is CC.COc1cncc(F)c1C. The molecule has 0 spiro atoms. The molecule has 0 atom stereocenters. The van der Waals surface area contributed by atoms with Crippen LogP contribution in [0.3, 0.4) is 0 Å². The molecule has 1 aromatic heterocycles. The van der Waals surface area contributed by atoms with Crippen LogP contribution in [0.5, 0.6) is 5.75 Å². The van der Waals surface area contributed by atoms with Gasteiger partial charge in [-0.05, 0) is 6.92 Å². The van der Waals surface area contributed by atoms with Crippen LogP contribution in [0.25, 0.3) is 0 Å². The van der Waals surface area contributed by atoms with Crippen LogP contribution >= 0.6 is 0 Å². The van der Waals surface area contributed by atoms with E-state index in [9.17, 15) is 4.39 Å². The maximum Gasteiger partial charge on any atom is 0.148 e. The Morgan fingerprint density at radius 1 is 1.33 bits per heavy atom. The van der Waals surface area contributed by atoms with Gasteiger partial charge < -0.3 is 4.74 Å². The van der Waals surface area contributed by atoms with E-state index in [0.717, 1.165) is 6.20 Å². The standard InChI is InChI=1S/C7H8FNO.C2H6/c1-5-6(8)3-9-4-7(5)10-2;1-2/h3-4H,1-2H3;1-2H3. The van der Waals surface area contributed by atoms with Crippen molar-refractivity contribution in [3.63, 3.8) is 0 Å². The third-order valence-electron chi connectivity index (χ3n) is 1.33. The average molecular weight is 171 g/mol. The maximum atomic E-state index is 12.6. The summed E-state index contributed by atoms with van der Waals surface area (Å²) in [5.74, 6) is 0.152. The Hall–Kier alpha value is -1.12. The van der Waals surface area contributed by atoms with E-state index in [4.69, 9.17) is 4.74 Å². The van der Waals surface area contributed by atoms with E-state index in [-0.39, 0.29) is 5.82 Å². The first kappa shape index (κ1) is 10.9. The van der Waals surface area contributed by atoms with E-state index in [0.29, 0.717) is 11.3 Å². The molecule has 68 valence electrons. The molecule has 0 aliphatic rings. The lowest BCUT2D eigenvalue weighted by atomic mass is 10.3. The van der Waals surface area contributed by atoms with Gasteiger partial charge in [-0.25, -0.2) is 4.39 Å². The van der Waals surface area contributed by atoms with Crippen molar-refractivity contribution in [1.29, 1.82) is 0 Å². The number of aromatic nitrogens is 1. The maximum absolute atomic E-state index is 12.6. The molecule has 0 fully saturated rings. The van der Waals surface area contributed by atoms with E-state index in [1.807, 2.05) is 13.8 Å². The van der Waals surface area contributed by atoms with Gasteiger partial charge in [0.05, 0.1) is 19.5 Å². The summed E-state index contributed by atoms with van der Waals surface area (Å²) in [6.07, 6.45) is 2.65. The Labute approximate surface area is 72.4 Å². The molecule has 12 heavy (non-hydrogen) atoms. The first-order valence-corrected chi connectivity index (χ1v) is 3.90. The molecule has 0 saturated heterocycles. The normalized spacial score (nSPS) is 8.42. The van der Waals surface area contributed by atoms with E-state index >= 15 is 0 Å². The van der Waals surface area contributed by atoms with Crippen LogP contribution in [0.1, 0.15) is 19.4 Å². The minimum Gasteiger partial charge on any atom is -0.495 e. The number of rotatable bonds is 1. The van der Waals surface area contributed by atoms with Crippen molar-refractivity contribution in [2.24, 2.45) is 0 Å². The number of nitrogens with zero attached hydrogens (tertiary/aromatic N) is 1. The molecular formula is C9H14FNO. The Morgan fingerprint density at radius 2 is 1.92 bits per heavy atom. The van der Waals surface area contributed by atoms with Gasteiger partial charge in [0.2, 0.25) is 0 Å². The molecule has 1 rings (SSSR count). The zero-order valence-corrected chi connectivity index (χ0v) is 7.89. The van der Waals surface area contributed by atoms with Crippen LogP contribution in [0.4, 0.5) is 4.39 Å². The molecule has 0 saturated carbocycles. The minimum absolute atomic E-state index is 0.334. The van der Waals surface area contributed by atoms with E-state index in [2.05, 4.69) is 4.98 Å². The van der Waals surface area contributed by atoms with Gasteiger partial charge in [0, 0.05) is 5.56 Å². The highest BCUT2D eigenvalue weighted by Gasteiger charge is 2.01. The van der Waals surface area contributed by atoms with Crippen LogP contribution in [-0.4, -0.2) is 12.1 Å². The van der Waals surface area contributed by atoms with Crippen LogP contribution in [-0.2, 0) is 0 Å². The first-order chi connectivity index (χ1) is 5.75. The smallest absolute Gasteiger partial charge is 0.148 e. The molecule has 1 heterocycles. The molecular weight excluding hydrogens is 157 g/mol. The largest absolute Gasteiger partial charge is 0.495 e. The van der Waals surface area contributed by atoms with E-state index < -0.39 is 0 Å². The predicted octanol–water partition coefficient (Wildman–Crippen LogP) is 2.56. The van der Waals surface area contributed by atoms with Gasteiger partial charge in [-0.2, -0.15) is 0 Å². The van der Waals surface area contributed by atoms with Gasteiger partial charge in [0.1, 0.15) is 11.6 Å². The average Bonchev–Trinajstić information content (AvgIpc) is 2.13. The molecule has 0 aliphatic carbocycles. The van der Waals surface area contributed by atoms with Crippen molar-refractivity contribution in [2.75, 3.05) is 7.11 Å². The first-order valence-electron chi connectivity index (χ1n) is 3.90. The molecule has 0 amide bonds. The fourth-order valence-corrected chi connectivity index (χ4v) is 0.688. The van der Waals surface area contributed by atoms with E-state index in [1.165, 1.54) is 13.3 Å². The number of halogens is 1. The number of methoxy groups -OCH3 is 1. The Kier molecular flexibility index (Phi) is 5.00. The van der Waals surface area contributed by atoms with Gasteiger partial charge in [0.25, 0.3) is 0 Å². The Bertz CT molecular complexity index is 238.